The van der Waals surface area contributed by atoms with Gasteiger partial charge < -0.3 is 9.84 Å². The number of nitrogens with one attached hydrogen (secondary N) is 1. The van der Waals surface area contributed by atoms with Gasteiger partial charge in [-0.25, -0.2) is 0 Å². The van der Waals surface area contributed by atoms with E-state index in [1.54, 1.807) is 6.08 Å². The minimum atomic E-state index is -1.07. The topological polar surface area (TPSA) is 41.5 Å². The van der Waals surface area contributed by atoms with Crippen LogP contribution in [0.2, 0.25) is 0 Å². The van der Waals surface area contributed by atoms with Gasteiger partial charge in [0, 0.05) is 6.54 Å². The van der Waals surface area contributed by atoms with Crippen LogP contribution in [-0.2, 0) is 10.3 Å². The monoisotopic (exact) mass is 339 g/mol. The minimum absolute atomic E-state index is 0.486. The number of aryl methyl sites for hydroxylation is 1. The summed E-state index contributed by atoms with van der Waals surface area (Å²) in [5.41, 5.74) is 1.68. The van der Waals surface area contributed by atoms with E-state index in [0.717, 1.165) is 11.1 Å². The molecule has 0 heterocycles. The van der Waals surface area contributed by atoms with E-state index in [9.17, 15) is 5.11 Å². The summed E-state index contributed by atoms with van der Waals surface area (Å²) in [5, 5.41) is 14.6. The van der Waals surface area contributed by atoms with Crippen LogP contribution >= 0.6 is 0 Å². The zero-order valence-corrected chi connectivity index (χ0v) is 15.6. The lowest BCUT2D eigenvalue weighted by Crippen LogP contribution is -2.55. The lowest BCUT2D eigenvalue weighted by molar-refractivity contribution is -0.199. The molecule has 2 unspecified atom stereocenters. The number of rotatable bonds is 7. The second-order valence-corrected chi connectivity index (χ2v) is 7.29. The number of hydrogen-bond donors (Lipinski definition) is 2. The molecule has 0 aliphatic rings. The van der Waals surface area contributed by atoms with E-state index in [1.165, 1.54) is 5.56 Å². The number of hydrogen-bond acceptors (Lipinski definition) is 3. The molecule has 2 rings (SSSR count). The fourth-order valence-electron chi connectivity index (χ4n) is 2.92. The van der Waals surface area contributed by atoms with Crippen LogP contribution in [0.5, 0.6) is 0 Å². The van der Waals surface area contributed by atoms with Crippen LogP contribution in [0.25, 0.3) is 0 Å². The quantitative estimate of drug-likeness (QED) is 0.588. The van der Waals surface area contributed by atoms with Gasteiger partial charge in [0.25, 0.3) is 0 Å². The molecule has 0 radical (unpaired) electrons. The average Bonchev–Trinajstić information content (AvgIpc) is 2.56. The van der Waals surface area contributed by atoms with Crippen molar-refractivity contribution >= 4 is 0 Å². The maximum atomic E-state index is 11.2. The van der Waals surface area contributed by atoms with Crippen molar-refractivity contribution in [3.05, 3.63) is 83.9 Å². The van der Waals surface area contributed by atoms with Crippen LogP contribution < -0.4 is 5.32 Å². The third-order valence-corrected chi connectivity index (χ3v) is 4.10. The number of ether oxygens (including phenoxy) is 1. The Morgan fingerprint density at radius 2 is 1.60 bits per heavy atom. The van der Waals surface area contributed by atoms with Gasteiger partial charge in [0.05, 0.1) is 5.60 Å². The van der Waals surface area contributed by atoms with E-state index >= 15 is 0 Å². The highest BCUT2D eigenvalue weighted by molar-refractivity contribution is 5.40. The smallest absolute Gasteiger partial charge is 0.182 e. The molecule has 134 valence electrons. The first-order valence-electron chi connectivity index (χ1n) is 8.64. The van der Waals surface area contributed by atoms with E-state index in [4.69, 9.17) is 4.74 Å². The molecular formula is C22H29NO2. The Hall–Kier alpha value is -1.94. The number of aliphatic hydroxyl groups excluding tert-OH is 1. The molecule has 2 aromatic rings. The van der Waals surface area contributed by atoms with Gasteiger partial charge in [-0.3, -0.25) is 5.32 Å². The van der Waals surface area contributed by atoms with Crippen LogP contribution in [-0.4, -0.2) is 23.5 Å². The van der Waals surface area contributed by atoms with Crippen molar-refractivity contribution in [3.63, 3.8) is 0 Å². The summed E-state index contributed by atoms with van der Waals surface area (Å²) >= 11 is 0. The van der Waals surface area contributed by atoms with E-state index < -0.39 is 17.4 Å². The molecule has 0 bridgehead atoms. The van der Waals surface area contributed by atoms with Crippen LogP contribution in [0.1, 0.15) is 37.5 Å². The Morgan fingerprint density at radius 3 is 2.12 bits per heavy atom. The first-order valence-corrected chi connectivity index (χ1v) is 8.64. The van der Waals surface area contributed by atoms with Crippen molar-refractivity contribution in [2.45, 2.75) is 45.1 Å². The van der Waals surface area contributed by atoms with Gasteiger partial charge in [-0.15, -0.1) is 6.58 Å². The Kier molecular flexibility index (Phi) is 6.17. The molecule has 2 atom stereocenters. The third-order valence-electron chi connectivity index (χ3n) is 4.10. The Balaban J connectivity index is 2.64. The molecule has 0 aromatic heterocycles. The molecule has 0 fully saturated rings. The lowest BCUT2D eigenvalue weighted by atomic mass is 9.81. The first-order chi connectivity index (χ1) is 11.8. The highest BCUT2D eigenvalue weighted by atomic mass is 16.6. The molecule has 0 amide bonds. The SMILES string of the molecule is C=CCNC(c1ccccc1)(c1ccc(C)cc1)C(O)OC(C)(C)C. The molecule has 0 spiro atoms. The molecule has 0 saturated carbocycles. The molecule has 3 heteroatoms. The first kappa shape index (κ1) is 19.4. The molecule has 0 saturated heterocycles. The Bertz CT molecular complexity index is 673. The molecule has 3 nitrogen and oxygen atoms in total. The fourth-order valence-corrected chi connectivity index (χ4v) is 2.92. The summed E-state index contributed by atoms with van der Waals surface area (Å²) in [7, 11) is 0. The van der Waals surface area contributed by atoms with Crippen molar-refractivity contribution in [1.29, 1.82) is 0 Å². The summed E-state index contributed by atoms with van der Waals surface area (Å²) in [6, 6.07) is 18.1. The predicted octanol–water partition coefficient (Wildman–Crippen LogP) is 4.15. The molecule has 2 N–H and O–H groups in total. The van der Waals surface area contributed by atoms with Crippen molar-refractivity contribution in [2.24, 2.45) is 0 Å². The summed E-state index contributed by atoms with van der Waals surface area (Å²) in [5.74, 6) is 0. The molecule has 2 aromatic carbocycles. The highest BCUT2D eigenvalue weighted by Crippen LogP contribution is 2.35. The number of aliphatic hydroxyl groups is 1. The van der Waals surface area contributed by atoms with E-state index in [0.29, 0.717) is 6.54 Å². The summed E-state index contributed by atoms with van der Waals surface area (Å²) < 4.78 is 6.00. The molecule has 0 aliphatic heterocycles. The zero-order chi connectivity index (χ0) is 18.5. The van der Waals surface area contributed by atoms with Gasteiger partial charge in [-0.2, -0.15) is 0 Å². The molecule has 25 heavy (non-hydrogen) atoms. The van der Waals surface area contributed by atoms with Crippen molar-refractivity contribution in [1.82, 2.24) is 5.32 Å². The standard InChI is InChI=1S/C22H29NO2/c1-6-16-23-22(18-10-8-7-9-11-18,20(24)25-21(3,4)5)19-14-12-17(2)13-15-19/h6-15,20,23-24H,1,16H2,2-5H3. The maximum Gasteiger partial charge on any atom is 0.182 e. The largest absolute Gasteiger partial charge is 0.366 e. The normalized spacial score (nSPS) is 15.4. The van der Waals surface area contributed by atoms with Crippen LogP contribution in [0.15, 0.2) is 67.3 Å². The van der Waals surface area contributed by atoms with Gasteiger partial charge in [0.2, 0.25) is 0 Å². The Morgan fingerprint density at radius 1 is 1.04 bits per heavy atom. The zero-order valence-electron chi connectivity index (χ0n) is 15.6. The van der Waals surface area contributed by atoms with Crippen LogP contribution in [0.3, 0.4) is 0 Å². The second-order valence-electron chi connectivity index (χ2n) is 7.29. The Labute approximate surface area is 151 Å². The van der Waals surface area contributed by atoms with E-state index in [1.807, 2.05) is 82.3 Å². The van der Waals surface area contributed by atoms with Crippen molar-refractivity contribution in [2.75, 3.05) is 6.54 Å². The van der Waals surface area contributed by atoms with Gasteiger partial charge in [0.15, 0.2) is 6.29 Å². The van der Waals surface area contributed by atoms with Crippen LogP contribution in [0.4, 0.5) is 0 Å². The summed E-state index contributed by atoms with van der Waals surface area (Å²) in [6.07, 6.45) is 0.716. The summed E-state index contributed by atoms with van der Waals surface area (Å²) in [6.45, 7) is 12.2. The van der Waals surface area contributed by atoms with E-state index in [-0.39, 0.29) is 0 Å². The third kappa shape index (κ3) is 4.57. The minimum Gasteiger partial charge on any atom is -0.366 e. The predicted molar refractivity (Wildman–Crippen MR) is 103 cm³/mol. The molecule has 0 aliphatic carbocycles. The van der Waals surface area contributed by atoms with Gasteiger partial charge in [0.1, 0.15) is 5.54 Å². The highest BCUT2D eigenvalue weighted by Gasteiger charge is 2.43. The average molecular weight is 339 g/mol. The maximum absolute atomic E-state index is 11.2. The second kappa shape index (κ2) is 7.96. The van der Waals surface area contributed by atoms with Crippen molar-refractivity contribution < 1.29 is 9.84 Å². The van der Waals surface area contributed by atoms with Gasteiger partial charge in [-0.1, -0.05) is 66.2 Å². The van der Waals surface area contributed by atoms with Crippen LogP contribution in [0, 0.1) is 6.92 Å². The lowest BCUT2D eigenvalue weighted by Gasteiger charge is -2.42. The fraction of sp³-hybridized carbons (Fsp3) is 0.364. The van der Waals surface area contributed by atoms with Gasteiger partial charge in [-0.05, 0) is 38.8 Å². The van der Waals surface area contributed by atoms with E-state index in [2.05, 4.69) is 11.9 Å². The summed E-state index contributed by atoms with van der Waals surface area (Å²) in [4.78, 5) is 0. The van der Waals surface area contributed by atoms with Crippen molar-refractivity contribution in [3.8, 4) is 0 Å². The number of benzene rings is 2. The van der Waals surface area contributed by atoms with Gasteiger partial charge >= 0.3 is 0 Å². The molecular weight excluding hydrogens is 310 g/mol.